The number of carbonyl (C=O) groups is 1. The molecule has 1 aliphatic rings. The molecule has 1 N–H and O–H groups in total. The molecule has 1 aromatic carbocycles. The molecule has 30 heavy (non-hydrogen) atoms. The highest BCUT2D eigenvalue weighted by Crippen LogP contribution is 2.30. The van der Waals surface area contributed by atoms with Crippen molar-refractivity contribution in [3.63, 3.8) is 0 Å². The second kappa shape index (κ2) is 8.35. The van der Waals surface area contributed by atoms with Gasteiger partial charge in [-0.05, 0) is 50.5 Å². The largest absolute Gasteiger partial charge is 0.441 e. The summed E-state index contributed by atoms with van der Waals surface area (Å²) in [5.74, 6) is 0.134. The van der Waals surface area contributed by atoms with Crippen LogP contribution in [0.25, 0.3) is 11.5 Å². The molecule has 1 fully saturated rings. The number of benzene rings is 1. The van der Waals surface area contributed by atoms with E-state index in [2.05, 4.69) is 10.2 Å². The van der Waals surface area contributed by atoms with E-state index in [9.17, 15) is 13.2 Å². The van der Waals surface area contributed by atoms with E-state index in [0.29, 0.717) is 30.0 Å². The van der Waals surface area contributed by atoms with E-state index >= 15 is 0 Å². The number of hydrogen-bond acceptors (Lipinski definition) is 5. The number of sulfonamides is 1. The van der Waals surface area contributed by atoms with Gasteiger partial charge in [-0.25, -0.2) is 0 Å². The van der Waals surface area contributed by atoms with Gasteiger partial charge in [0.15, 0.2) is 5.76 Å². The molecule has 0 atom stereocenters. The van der Waals surface area contributed by atoms with Gasteiger partial charge >= 0.3 is 0 Å². The molecule has 0 saturated carbocycles. The molecule has 1 amide bonds. The number of furan rings is 1. The Hall–Kier alpha value is -3.07. The molecular weight excluding hydrogens is 404 g/mol. The van der Waals surface area contributed by atoms with Gasteiger partial charge in [0.25, 0.3) is 15.9 Å². The molecule has 0 unspecified atom stereocenters. The van der Waals surface area contributed by atoms with Crippen molar-refractivity contribution in [1.29, 1.82) is 0 Å². The van der Waals surface area contributed by atoms with Crippen molar-refractivity contribution >= 4 is 21.6 Å². The van der Waals surface area contributed by atoms with Crippen molar-refractivity contribution in [3.8, 4) is 11.5 Å². The Balaban J connectivity index is 1.64. The van der Waals surface area contributed by atoms with Gasteiger partial charge in [0.2, 0.25) is 5.09 Å². The molecule has 3 heterocycles. The van der Waals surface area contributed by atoms with Gasteiger partial charge in [0.05, 0.1) is 17.4 Å². The van der Waals surface area contributed by atoms with E-state index in [1.54, 1.807) is 42.2 Å². The number of likely N-dealkylation sites (tertiary alicyclic amines) is 1. The molecule has 0 radical (unpaired) electrons. The predicted molar refractivity (Wildman–Crippen MR) is 113 cm³/mol. The summed E-state index contributed by atoms with van der Waals surface area (Å²) in [6.45, 7) is 3.44. The molecule has 8 nitrogen and oxygen atoms in total. The number of aromatic nitrogens is 2. The summed E-state index contributed by atoms with van der Waals surface area (Å²) < 4.78 is 33.3. The number of nitrogens with one attached hydrogen (secondary N) is 1. The first kappa shape index (κ1) is 20.2. The van der Waals surface area contributed by atoms with E-state index in [4.69, 9.17) is 4.42 Å². The zero-order chi connectivity index (χ0) is 21.1. The lowest BCUT2D eigenvalue weighted by molar-refractivity contribution is 0.0725. The van der Waals surface area contributed by atoms with Gasteiger partial charge in [-0.2, -0.15) is 13.5 Å². The highest BCUT2D eigenvalue weighted by atomic mass is 32.2. The van der Waals surface area contributed by atoms with Crippen molar-refractivity contribution in [2.45, 2.75) is 31.3 Å². The minimum Gasteiger partial charge on any atom is -0.441 e. The topological polar surface area (TPSA) is 99.5 Å². The highest BCUT2D eigenvalue weighted by Gasteiger charge is 2.29. The average molecular weight is 429 g/mol. The lowest BCUT2D eigenvalue weighted by Gasteiger charge is -2.26. The van der Waals surface area contributed by atoms with Gasteiger partial charge in [0.1, 0.15) is 5.69 Å². The standard InChI is InChI=1S/C21H24N4O4S/c1-2-25(16-9-5-3-6-10-16)30(27,28)19-12-11-18(29-19)20-17(15-22-23-20)21(26)24-13-7-4-8-14-24/h3,5-6,9-12,15H,2,4,7-8,13-14H2,1H3,(H,22,23). The second-order valence-electron chi connectivity index (χ2n) is 7.14. The summed E-state index contributed by atoms with van der Waals surface area (Å²) in [7, 11) is -3.89. The van der Waals surface area contributed by atoms with E-state index in [-0.39, 0.29) is 23.3 Å². The Kier molecular flexibility index (Phi) is 5.63. The Morgan fingerprint density at radius 3 is 2.57 bits per heavy atom. The Labute approximate surface area is 175 Å². The van der Waals surface area contributed by atoms with Crippen LogP contribution in [0.15, 0.2) is 58.2 Å². The smallest absolute Gasteiger partial charge is 0.297 e. The maximum Gasteiger partial charge on any atom is 0.297 e. The van der Waals surface area contributed by atoms with Crippen molar-refractivity contribution in [1.82, 2.24) is 15.1 Å². The Morgan fingerprint density at radius 1 is 1.13 bits per heavy atom. The molecule has 9 heteroatoms. The minimum absolute atomic E-state index is 0.126. The van der Waals surface area contributed by atoms with Crippen molar-refractivity contribution in [3.05, 3.63) is 54.2 Å². The molecule has 2 aromatic heterocycles. The monoisotopic (exact) mass is 428 g/mol. The van der Waals surface area contributed by atoms with Crippen LogP contribution in [0.5, 0.6) is 0 Å². The van der Waals surface area contributed by atoms with Crippen LogP contribution in [0.4, 0.5) is 5.69 Å². The third kappa shape index (κ3) is 3.72. The van der Waals surface area contributed by atoms with E-state index < -0.39 is 10.0 Å². The van der Waals surface area contributed by atoms with Crippen LogP contribution in [-0.2, 0) is 10.0 Å². The van der Waals surface area contributed by atoms with Gasteiger partial charge in [-0.15, -0.1) is 0 Å². The maximum absolute atomic E-state index is 13.1. The Morgan fingerprint density at radius 2 is 1.87 bits per heavy atom. The Bertz CT molecular complexity index is 1110. The first-order valence-corrected chi connectivity index (χ1v) is 11.5. The number of aromatic amines is 1. The minimum atomic E-state index is -3.89. The molecule has 158 valence electrons. The van der Waals surface area contributed by atoms with Crippen LogP contribution < -0.4 is 4.31 Å². The van der Waals surface area contributed by atoms with Gasteiger partial charge in [-0.1, -0.05) is 18.2 Å². The highest BCUT2D eigenvalue weighted by molar-refractivity contribution is 7.92. The van der Waals surface area contributed by atoms with Crippen LogP contribution in [0.2, 0.25) is 0 Å². The van der Waals surface area contributed by atoms with Crippen molar-refractivity contribution in [2.75, 3.05) is 23.9 Å². The number of carbonyl (C=O) groups excluding carboxylic acids is 1. The summed E-state index contributed by atoms with van der Waals surface area (Å²) in [4.78, 5) is 14.7. The van der Waals surface area contributed by atoms with E-state index in [1.807, 2.05) is 6.07 Å². The van der Waals surface area contributed by atoms with Crippen molar-refractivity contribution in [2.24, 2.45) is 0 Å². The van der Waals surface area contributed by atoms with E-state index in [1.165, 1.54) is 16.6 Å². The van der Waals surface area contributed by atoms with E-state index in [0.717, 1.165) is 19.3 Å². The normalized spacial score (nSPS) is 14.6. The lowest BCUT2D eigenvalue weighted by Crippen LogP contribution is -2.35. The fourth-order valence-electron chi connectivity index (χ4n) is 3.69. The summed E-state index contributed by atoms with van der Waals surface area (Å²) in [6, 6.07) is 11.8. The quantitative estimate of drug-likeness (QED) is 0.648. The zero-order valence-electron chi connectivity index (χ0n) is 16.7. The van der Waals surface area contributed by atoms with Gasteiger partial charge in [0, 0.05) is 19.6 Å². The number of amides is 1. The molecule has 0 aliphatic carbocycles. The second-order valence-corrected chi connectivity index (χ2v) is 8.93. The van der Waals surface area contributed by atoms with Crippen LogP contribution >= 0.6 is 0 Å². The molecule has 1 aliphatic heterocycles. The van der Waals surface area contributed by atoms with Gasteiger partial charge in [-0.3, -0.25) is 14.2 Å². The first-order valence-electron chi connectivity index (χ1n) is 10.0. The van der Waals surface area contributed by atoms with Crippen LogP contribution in [0.1, 0.15) is 36.5 Å². The number of nitrogens with zero attached hydrogens (tertiary/aromatic N) is 3. The van der Waals surface area contributed by atoms with Crippen LogP contribution in [0.3, 0.4) is 0 Å². The molecule has 3 aromatic rings. The number of piperidine rings is 1. The predicted octanol–water partition coefficient (Wildman–Crippen LogP) is 3.51. The molecule has 1 saturated heterocycles. The number of rotatable bonds is 6. The number of para-hydroxylation sites is 1. The zero-order valence-corrected chi connectivity index (χ0v) is 17.6. The van der Waals surface area contributed by atoms with Crippen LogP contribution in [0, 0.1) is 0 Å². The van der Waals surface area contributed by atoms with Crippen LogP contribution in [-0.4, -0.2) is 49.1 Å². The number of hydrogen-bond donors (Lipinski definition) is 1. The fraction of sp³-hybridized carbons (Fsp3) is 0.333. The summed E-state index contributed by atoms with van der Waals surface area (Å²) in [5, 5.41) is 6.59. The third-order valence-electron chi connectivity index (χ3n) is 5.22. The fourth-order valence-corrected chi connectivity index (χ4v) is 5.08. The molecule has 4 rings (SSSR count). The summed E-state index contributed by atoms with van der Waals surface area (Å²) >= 11 is 0. The summed E-state index contributed by atoms with van der Waals surface area (Å²) in [5.41, 5.74) is 1.32. The van der Waals surface area contributed by atoms with Crippen molar-refractivity contribution < 1.29 is 17.6 Å². The molecule has 0 spiro atoms. The third-order valence-corrected chi connectivity index (χ3v) is 6.99. The molecule has 0 bridgehead atoms. The number of anilines is 1. The van der Waals surface area contributed by atoms with Gasteiger partial charge < -0.3 is 9.32 Å². The average Bonchev–Trinajstić information content (AvgIpc) is 3.45. The summed E-state index contributed by atoms with van der Waals surface area (Å²) in [6.07, 6.45) is 4.55. The maximum atomic E-state index is 13.1. The number of H-pyrrole nitrogens is 1. The molecular formula is C21H24N4O4S. The SMILES string of the molecule is CCN(c1ccccc1)S(=O)(=O)c1ccc(-c2[nH]ncc2C(=O)N2CCCCC2)o1. The first-order chi connectivity index (χ1) is 14.5. The lowest BCUT2D eigenvalue weighted by atomic mass is 10.1.